The molecule has 1 heterocycles. The van der Waals surface area contributed by atoms with Gasteiger partial charge in [-0.3, -0.25) is 0 Å². The average molecular weight is 302 g/mol. The molecule has 0 aromatic carbocycles. The van der Waals surface area contributed by atoms with Crippen molar-refractivity contribution >= 4 is 0 Å². The van der Waals surface area contributed by atoms with Crippen molar-refractivity contribution in [3.8, 4) is 0 Å². The SMILES string of the molecule is C[C@@H]1CC[C@H]2C(C)(C)[C@H]3C[C@@]12C[C@@H]1O[C@]2(C=CCC2)O[C@@]13C. The minimum absolute atomic E-state index is 0.0898. The van der Waals surface area contributed by atoms with Crippen LogP contribution in [-0.4, -0.2) is 17.5 Å². The van der Waals surface area contributed by atoms with Crippen LogP contribution in [-0.2, 0) is 9.47 Å². The normalized spacial score (nSPS) is 60.9. The molecule has 5 rings (SSSR count). The molecular weight excluding hydrogens is 272 g/mol. The Morgan fingerprint density at radius 1 is 1.05 bits per heavy atom. The van der Waals surface area contributed by atoms with Crippen LogP contribution >= 0.6 is 0 Å². The zero-order valence-corrected chi connectivity index (χ0v) is 14.5. The molecule has 0 amide bonds. The van der Waals surface area contributed by atoms with E-state index in [-0.39, 0.29) is 5.60 Å². The van der Waals surface area contributed by atoms with Gasteiger partial charge >= 0.3 is 0 Å². The summed E-state index contributed by atoms with van der Waals surface area (Å²) in [6, 6.07) is 0. The van der Waals surface area contributed by atoms with E-state index in [9.17, 15) is 0 Å². The zero-order valence-electron chi connectivity index (χ0n) is 14.5. The molecular formula is C20H30O2. The molecule has 0 radical (unpaired) electrons. The molecule has 1 saturated heterocycles. The molecule has 4 fully saturated rings. The Bertz CT molecular complexity index is 552. The molecule has 0 aromatic heterocycles. The number of fused-ring (bicyclic) bond motifs is 3. The average Bonchev–Trinajstić information content (AvgIpc) is 3.12. The fourth-order valence-corrected chi connectivity index (χ4v) is 7.56. The molecule has 0 aromatic rings. The highest BCUT2D eigenvalue weighted by atomic mass is 16.8. The monoisotopic (exact) mass is 302 g/mol. The summed E-state index contributed by atoms with van der Waals surface area (Å²) in [5.74, 6) is 1.96. The minimum Gasteiger partial charge on any atom is -0.340 e. The smallest absolute Gasteiger partial charge is 0.189 e. The fraction of sp³-hybridized carbons (Fsp3) is 0.900. The summed E-state index contributed by atoms with van der Waals surface area (Å²) >= 11 is 0. The topological polar surface area (TPSA) is 18.5 Å². The van der Waals surface area contributed by atoms with Crippen LogP contribution in [0.15, 0.2) is 12.2 Å². The third-order valence-electron chi connectivity index (χ3n) is 8.61. The van der Waals surface area contributed by atoms with Gasteiger partial charge in [0.25, 0.3) is 0 Å². The number of allylic oxidation sites excluding steroid dienone is 1. The summed E-state index contributed by atoms with van der Waals surface area (Å²) in [6.07, 6.45) is 12.3. The van der Waals surface area contributed by atoms with Gasteiger partial charge in [0.15, 0.2) is 5.79 Å². The van der Waals surface area contributed by atoms with Gasteiger partial charge in [0.05, 0.1) is 11.7 Å². The first kappa shape index (κ1) is 14.0. The Hall–Kier alpha value is -0.340. The molecule has 4 aliphatic carbocycles. The number of hydrogen-bond donors (Lipinski definition) is 0. The highest BCUT2D eigenvalue weighted by molar-refractivity contribution is 5.23. The first-order valence-corrected chi connectivity index (χ1v) is 9.38. The Labute approximate surface area is 134 Å². The molecule has 5 aliphatic rings. The summed E-state index contributed by atoms with van der Waals surface area (Å²) in [5, 5.41) is 0. The maximum Gasteiger partial charge on any atom is 0.189 e. The van der Waals surface area contributed by atoms with Crippen molar-refractivity contribution in [3.63, 3.8) is 0 Å². The predicted octanol–water partition coefficient (Wildman–Crippen LogP) is 4.69. The van der Waals surface area contributed by atoms with E-state index in [2.05, 4.69) is 39.8 Å². The first-order chi connectivity index (χ1) is 10.3. The summed E-state index contributed by atoms with van der Waals surface area (Å²) in [7, 11) is 0. The van der Waals surface area contributed by atoms with E-state index in [4.69, 9.17) is 9.47 Å². The van der Waals surface area contributed by atoms with Crippen LogP contribution in [0.4, 0.5) is 0 Å². The highest BCUT2D eigenvalue weighted by Gasteiger charge is 2.74. The first-order valence-electron chi connectivity index (χ1n) is 9.38. The Kier molecular flexibility index (Phi) is 2.44. The second-order valence-electron chi connectivity index (χ2n) is 9.69. The lowest BCUT2D eigenvalue weighted by molar-refractivity contribution is -0.168. The quantitative estimate of drug-likeness (QED) is 0.604. The van der Waals surface area contributed by atoms with Gasteiger partial charge < -0.3 is 9.47 Å². The van der Waals surface area contributed by atoms with Gasteiger partial charge in [-0.2, -0.15) is 0 Å². The third kappa shape index (κ3) is 1.37. The number of hydrogen-bond acceptors (Lipinski definition) is 2. The molecule has 2 bridgehead atoms. The standard InChI is InChI=1S/C20H30O2/c1-13-7-8-14-17(2,3)15-11-19(13,14)12-16-18(15,4)22-20(21-16)9-5-6-10-20/h5,9,13-16H,6-8,10-12H2,1-4H3/t13-,14+,15-,16+,18-,19-,20-/m1/s1. The van der Waals surface area contributed by atoms with E-state index in [1.165, 1.54) is 25.7 Å². The molecule has 2 nitrogen and oxygen atoms in total. The maximum absolute atomic E-state index is 6.76. The molecule has 2 spiro atoms. The van der Waals surface area contributed by atoms with Gasteiger partial charge in [0.1, 0.15) is 0 Å². The van der Waals surface area contributed by atoms with Crippen molar-refractivity contribution in [2.45, 2.75) is 83.7 Å². The number of rotatable bonds is 0. The lowest BCUT2D eigenvalue weighted by Gasteiger charge is -2.47. The van der Waals surface area contributed by atoms with Crippen LogP contribution in [0.5, 0.6) is 0 Å². The van der Waals surface area contributed by atoms with E-state index in [0.717, 1.165) is 24.7 Å². The van der Waals surface area contributed by atoms with E-state index < -0.39 is 5.79 Å². The zero-order chi connectivity index (χ0) is 15.4. The molecule has 0 N–H and O–H groups in total. The molecule has 7 atom stereocenters. The summed E-state index contributed by atoms with van der Waals surface area (Å²) in [6.45, 7) is 9.91. The van der Waals surface area contributed by atoms with Crippen molar-refractivity contribution < 1.29 is 9.47 Å². The van der Waals surface area contributed by atoms with Crippen molar-refractivity contribution in [1.29, 1.82) is 0 Å². The Morgan fingerprint density at radius 3 is 2.59 bits per heavy atom. The summed E-state index contributed by atoms with van der Waals surface area (Å²) in [5.41, 5.74) is 0.814. The van der Waals surface area contributed by atoms with Gasteiger partial charge in [0.2, 0.25) is 0 Å². The van der Waals surface area contributed by atoms with E-state index >= 15 is 0 Å². The lowest BCUT2D eigenvalue weighted by atomic mass is 9.63. The second-order valence-corrected chi connectivity index (χ2v) is 9.69. The van der Waals surface area contributed by atoms with Crippen LogP contribution in [0.2, 0.25) is 0 Å². The van der Waals surface area contributed by atoms with E-state index in [0.29, 0.717) is 22.9 Å². The molecule has 122 valence electrons. The molecule has 0 unspecified atom stereocenters. The molecule has 1 aliphatic heterocycles. The summed E-state index contributed by atoms with van der Waals surface area (Å²) < 4.78 is 13.4. The Balaban J connectivity index is 1.60. The highest BCUT2D eigenvalue weighted by Crippen LogP contribution is 2.75. The van der Waals surface area contributed by atoms with Crippen LogP contribution in [0, 0.1) is 28.6 Å². The van der Waals surface area contributed by atoms with Gasteiger partial charge in [-0.05, 0) is 73.7 Å². The predicted molar refractivity (Wildman–Crippen MR) is 86.3 cm³/mol. The van der Waals surface area contributed by atoms with Crippen LogP contribution < -0.4 is 0 Å². The molecule has 3 saturated carbocycles. The largest absolute Gasteiger partial charge is 0.340 e. The van der Waals surface area contributed by atoms with Crippen molar-refractivity contribution in [2.24, 2.45) is 28.6 Å². The minimum atomic E-state index is -0.395. The van der Waals surface area contributed by atoms with Gasteiger partial charge in [-0.15, -0.1) is 0 Å². The molecule has 22 heavy (non-hydrogen) atoms. The van der Waals surface area contributed by atoms with Crippen LogP contribution in [0.3, 0.4) is 0 Å². The fourth-order valence-electron chi connectivity index (χ4n) is 7.56. The van der Waals surface area contributed by atoms with Crippen molar-refractivity contribution in [3.05, 3.63) is 12.2 Å². The van der Waals surface area contributed by atoms with Crippen molar-refractivity contribution in [1.82, 2.24) is 0 Å². The third-order valence-corrected chi connectivity index (χ3v) is 8.61. The van der Waals surface area contributed by atoms with Crippen molar-refractivity contribution in [2.75, 3.05) is 0 Å². The van der Waals surface area contributed by atoms with Crippen LogP contribution in [0.25, 0.3) is 0 Å². The number of ether oxygens (including phenoxy) is 2. The van der Waals surface area contributed by atoms with Crippen LogP contribution in [0.1, 0.15) is 66.2 Å². The van der Waals surface area contributed by atoms with E-state index in [1.807, 2.05) is 0 Å². The summed E-state index contributed by atoms with van der Waals surface area (Å²) in [4.78, 5) is 0. The van der Waals surface area contributed by atoms with E-state index in [1.54, 1.807) is 0 Å². The van der Waals surface area contributed by atoms with Gasteiger partial charge in [-0.25, -0.2) is 0 Å². The molecule has 2 heteroatoms. The maximum atomic E-state index is 6.76. The van der Waals surface area contributed by atoms with Gasteiger partial charge in [0, 0.05) is 6.42 Å². The van der Waals surface area contributed by atoms with Gasteiger partial charge in [-0.1, -0.05) is 26.8 Å². The Morgan fingerprint density at radius 2 is 1.86 bits per heavy atom. The second kappa shape index (κ2) is 3.83. The lowest BCUT2D eigenvalue weighted by Crippen LogP contribution is -2.52.